The highest BCUT2D eigenvalue weighted by Gasteiger charge is 2.31. The van der Waals surface area contributed by atoms with Gasteiger partial charge in [0.25, 0.3) is 0 Å². The molecule has 0 bridgehead atoms. The van der Waals surface area contributed by atoms with Crippen LogP contribution in [0, 0.1) is 0 Å². The number of carboxylic acid groups (broad SMARTS) is 1. The lowest BCUT2D eigenvalue weighted by molar-refractivity contribution is -0.152. The molecule has 1 aliphatic rings. The molecule has 0 saturated carbocycles. The summed E-state index contributed by atoms with van der Waals surface area (Å²) in [7, 11) is 0. The summed E-state index contributed by atoms with van der Waals surface area (Å²) in [5.41, 5.74) is 0. The first-order valence-electron chi connectivity index (χ1n) is 5.91. The van der Waals surface area contributed by atoms with Gasteiger partial charge in [0.05, 0.1) is 6.54 Å². The zero-order chi connectivity index (χ0) is 13.0. The number of aromatic nitrogens is 4. The van der Waals surface area contributed by atoms with Crippen LogP contribution in [-0.2, 0) is 16.1 Å². The fourth-order valence-corrected chi connectivity index (χ4v) is 2.12. The summed E-state index contributed by atoms with van der Waals surface area (Å²) in [4.78, 5) is 24.5. The Balaban J connectivity index is 1.92. The Morgan fingerprint density at radius 2 is 2.22 bits per heavy atom. The summed E-state index contributed by atoms with van der Waals surface area (Å²) < 4.78 is 1.46. The summed E-state index contributed by atoms with van der Waals surface area (Å²) >= 11 is 0. The zero-order valence-corrected chi connectivity index (χ0v) is 9.90. The highest BCUT2D eigenvalue weighted by Crippen LogP contribution is 2.18. The van der Waals surface area contributed by atoms with Crippen molar-refractivity contribution in [3.8, 4) is 0 Å². The number of carbonyl (C=O) groups is 2. The van der Waals surface area contributed by atoms with Gasteiger partial charge in [0.1, 0.15) is 12.4 Å². The average Bonchev–Trinajstić information content (AvgIpc) is 2.89. The number of carboxylic acids is 1. The molecule has 1 aliphatic heterocycles. The quantitative estimate of drug-likeness (QED) is 0.778. The number of carbonyl (C=O) groups excluding carboxylic acids is 1. The van der Waals surface area contributed by atoms with Gasteiger partial charge in [-0.1, -0.05) is 0 Å². The molecule has 1 N–H and O–H groups in total. The van der Waals surface area contributed by atoms with Gasteiger partial charge in [-0.25, -0.2) is 9.48 Å². The number of nitrogens with zero attached hydrogens (tertiary/aromatic N) is 5. The van der Waals surface area contributed by atoms with E-state index in [4.69, 9.17) is 5.11 Å². The Morgan fingerprint density at radius 1 is 1.39 bits per heavy atom. The van der Waals surface area contributed by atoms with Gasteiger partial charge in [-0.05, 0) is 29.7 Å². The van der Waals surface area contributed by atoms with Crippen LogP contribution in [0.3, 0.4) is 0 Å². The number of hydrogen-bond acceptors (Lipinski definition) is 5. The van der Waals surface area contributed by atoms with Crippen molar-refractivity contribution in [3.05, 3.63) is 6.33 Å². The molecule has 0 radical (unpaired) electrons. The van der Waals surface area contributed by atoms with Crippen LogP contribution in [0.5, 0.6) is 0 Å². The van der Waals surface area contributed by atoms with Crippen LogP contribution < -0.4 is 0 Å². The van der Waals surface area contributed by atoms with E-state index in [0.29, 0.717) is 19.5 Å². The van der Waals surface area contributed by atoms with Crippen molar-refractivity contribution in [2.45, 2.75) is 38.3 Å². The summed E-state index contributed by atoms with van der Waals surface area (Å²) in [6, 6.07) is -0.680. The van der Waals surface area contributed by atoms with Gasteiger partial charge in [-0.15, -0.1) is 5.10 Å². The third kappa shape index (κ3) is 2.82. The van der Waals surface area contributed by atoms with E-state index in [0.717, 1.165) is 12.8 Å². The molecule has 0 spiro atoms. The maximum atomic E-state index is 12.0. The normalized spacial score (nSPS) is 19.8. The van der Waals surface area contributed by atoms with Crippen molar-refractivity contribution in [2.75, 3.05) is 6.54 Å². The number of likely N-dealkylation sites (tertiary alicyclic amines) is 1. The number of aryl methyl sites for hydroxylation is 1. The fourth-order valence-electron chi connectivity index (χ4n) is 2.12. The molecule has 1 fully saturated rings. The summed E-state index contributed by atoms with van der Waals surface area (Å²) in [5.74, 6) is -1.08. The first-order valence-corrected chi connectivity index (χ1v) is 5.91. The van der Waals surface area contributed by atoms with Gasteiger partial charge < -0.3 is 10.0 Å². The van der Waals surface area contributed by atoms with Crippen LogP contribution in [0.2, 0.25) is 0 Å². The van der Waals surface area contributed by atoms with E-state index in [9.17, 15) is 9.59 Å². The van der Waals surface area contributed by atoms with E-state index < -0.39 is 12.0 Å². The molecule has 1 aromatic heterocycles. The molecule has 1 aromatic rings. The topological polar surface area (TPSA) is 101 Å². The Bertz CT molecular complexity index is 419. The van der Waals surface area contributed by atoms with Crippen molar-refractivity contribution in [3.63, 3.8) is 0 Å². The van der Waals surface area contributed by atoms with Gasteiger partial charge in [0, 0.05) is 13.0 Å². The molecule has 0 unspecified atom stereocenters. The third-order valence-electron chi connectivity index (χ3n) is 3.05. The van der Waals surface area contributed by atoms with Gasteiger partial charge >= 0.3 is 5.97 Å². The van der Waals surface area contributed by atoms with Crippen LogP contribution >= 0.6 is 0 Å². The number of tetrazole rings is 1. The minimum Gasteiger partial charge on any atom is -0.480 e. The molecule has 0 aliphatic carbocycles. The number of hydrogen-bond donors (Lipinski definition) is 1. The molecule has 0 aromatic carbocycles. The number of piperidine rings is 1. The maximum Gasteiger partial charge on any atom is 0.326 e. The Labute approximate surface area is 104 Å². The SMILES string of the molecule is O=C(O)[C@@H]1CCCCN1C(=O)CCn1cnnn1. The zero-order valence-electron chi connectivity index (χ0n) is 9.90. The van der Waals surface area contributed by atoms with Gasteiger partial charge in [-0.2, -0.15) is 0 Å². The smallest absolute Gasteiger partial charge is 0.326 e. The van der Waals surface area contributed by atoms with Crippen molar-refractivity contribution in [2.24, 2.45) is 0 Å². The lowest BCUT2D eigenvalue weighted by Crippen LogP contribution is -2.48. The molecular formula is C10H15N5O3. The van der Waals surface area contributed by atoms with Crippen molar-refractivity contribution >= 4 is 11.9 Å². The Kier molecular flexibility index (Phi) is 3.85. The minimum absolute atomic E-state index is 0.155. The molecule has 1 saturated heterocycles. The first-order chi connectivity index (χ1) is 8.68. The molecule has 8 heteroatoms. The van der Waals surface area contributed by atoms with Gasteiger partial charge in [0.15, 0.2) is 0 Å². The van der Waals surface area contributed by atoms with E-state index in [2.05, 4.69) is 15.5 Å². The predicted octanol–water partition coefficient (Wildman–Crippen LogP) is -0.471. The van der Waals surface area contributed by atoms with Crippen molar-refractivity contribution in [1.82, 2.24) is 25.1 Å². The van der Waals surface area contributed by atoms with Crippen LogP contribution in [0.25, 0.3) is 0 Å². The summed E-state index contributed by atoms with van der Waals surface area (Å²) in [5, 5.41) is 19.7. The lowest BCUT2D eigenvalue weighted by Gasteiger charge is -2.32. The highest BCUT2D eigenvalue weighted by atomic mass is 16.4. The first kappa shape index (κ1) is 12.5. The fraction of sp³-hybridized carbons (Fsp3) is 0.700. The molecule has 2 rings (SSSR count). The average molecular weight is 253 g/mol. The number of amides is 1. The minimum atomic E-state index is -0.925. The standard InChI is InChI=1S/C10H15N5O3/c16-9(4-6-14-7-11-12-13-14)15-5-2-1-3-8(15)10(17)18/h7-8H,1-6H2,(H,17,18)/t8-/m0/s1. The van der Waals surface area contributed by atoms with Crippen molar-refractivity contribution in [1.29, 1.82) is 0 Å². The highest BCUT2D eigenvalue weighted by molar-refractivity contribution is 5.83. The van der Waals surface area contributed by atoms with Crippen LogP contribution in [0.15, 0.2) is 6.33 Å². The van der Waals surface area contributed by atoms with E-state index in [1.807, 2.05) is 0 Å². The second-order valence-corrected chi connectivity index (χ2v) is 4.26. The lowest BCUT2D eigenvalue weighted by atomic mass is 10.0. The van der Waals surface area contributed by atoms with E-state index in [1.54, 1.807) is 0 Å². The molecule has 1 amide bonds. The van der Waals surface area contributed by atoms with Crippen molar-refractivity contribution < 1.29 is 14.7 Å². The van der Waals surface area contributed by atoms with E-state index in [-0.39, 0.29) is 12.3 Å². The molecule has 8 nitrogen and oxygen atoms in total. The number of aliphatic carboxylic acids is 1. The number of rotatable bonds is 4. The molecule has 2 heterocycles. The molecule has 98 valence electrons. The van der Waals surface area contributed by atoms with E-state index >= 15 is 0 Å². The third-order valence-corrected chi connectivity index (χ3v) is 3.05. The van der Waals surface area contributed by atoms with Gasteiger partial charge in [-0.3, -0.25) is 4.79 Å². The van der Waals surface area contributed by atoms with Crippen LogP contribution in [0.1, 0.15) is 25.7 Å². The maximum absolute atomic E-state index is 12.0. The Morgan fingerprint density at radius 3 is 2.89 bits per heavy atom. The van der Waals surface area contributed by atoms with Gasteiger partial charge in [0.2, 0.25) is 5.91 Å². The second-order valence-electron chi connectivity index (χ2n) is 4.26. The summed E-state index contributed by atoms with van der Waals surface area (Å²) in [6.45, 7) is 0.889. The van der Waals surface area contributed by atoms with E-state index in [1.165, 1.54) is 15.9 Å². The monoisotopic (exact) mass is 253 g/mol. The Hall–Kier alpha value is -1.99. The largest absolute Gasteiger partial charge is 0.480 e. The van der Waals surface area contributed by atoms with Crippen LogP contribution in [0.4, 0.5) is 0 Å². The molecule has 1 atom stereocenters. The summed E-state index contributed by atoms with van der Waals surface area (Å²) in [6.07, 6.45) is 3.90. The molecular weight excluding hydrogens is 238 g/mol. The predicted molar refractivity (Wildman–Crippen MR) is 59.4 cm³/mol. The molecule has 18 heavy (non-hydrogen) atoms. The second kappa shape index (κ2) is 5.56. The van der Waals surface area contributed by atoms with Crippen LogP contribution in [-0.4, -0.2) is 54.7 Å².